The zero-order valence-electron chi connectivity index (χ0n) is 17.3. The maximum absolute atomic E-state index is 10.5. The highest BCUT2D eigenvalue weighted by Crippen LogP contribution is 2.12. The number of rotatable bonds is 8. The Morgan fingerprint density at radius 1 is 1.17 bits per heavy atom. The van der Waals surface area contributed by atoms with Crippen LogP contribution < -0.4 is 4.74 Å². The van der Waals surface area contributed by atoms with Gasteiger partial charge in [0.25, 0.3) is 0 Å². The molecule has 0 amide bonds. The van der Waals surface area contributed by atoms with Crippen LogP contribution in [0.1, 0.15) is 19.4 Å². The Morgan fingerprint density at radius 2 is 1.77 bits per heavy atom. The van der Waals surface area contributed by atoms with Crippen LogP contribution in [0.15, 0.2) is 55.7 Å². The molecule has 1 unspecified atom stereocenters. The average molecular weight is 420 g/mol. The number of esters is 3. The van der Waals surface area contributed by atoms with Crippen molar-refractivity contribution in [2.24, 2.45) is 0 Å². The molecule has 1 heterocycles. The number of carbonyl (C=O) groups is 3. The van der Waals surface area contributed by atoms with Crippen LogP contribution in [0, 0.1) is 0 Å². The first-order valence-corrected chi connectivity index (χ1v) is 8.98. The van der Waals surface area contributed by atoms with E-state index in [0.717, 1.165) is 11.6 Å². The maximum atomic E-state index is 10.5. The first-order valence-electron chi connectivity index (χ1n) is 8.98. The van der Waals surface area contributed by atoms with Crippen molar-refractivity contribution >= 4 is 24.0 Å². The fourth-order valence-electron chi connectivity index (χ4n) is 1.50. The molecule has 0 bridgehead atoms. The van der Waals surface area contributed by atoms with Crippen LogP contribution in [0.3, 0.4) is 0 Å². The van der Waals surface area contributed by atoms with Crippen molar-refractivity contribution in [3.05, 3.63) is 61.2 Å². The molecule has 0 saturated carbocycles. The molecule has 164 valence electrons. The minimum Gasteiger partial charge on any atom is -0.460 e. The lowest BCUT2D eigenvalue weighted by molar-refractivity contribution is -0.140. The van der Waals surface area contributed by atoms with Gasteiger partial charge < -0.3 is 24.1 Å². The molecular formula is C22H28O8. The molecule has 30 heavy (non-hydrogen) atoms. The number of hydrogen-bond donors (Lipinski definition) is 1. The van der Waals surface area contributed by atoms with Crippen LogP contribution in [0.2, 0.25) is 0 Å². The molecule has 8 nitrogen and oxygen atoms in total. The molecule has 1 atom stereocenters. The summed E-state index contributed by atoms with van der Waals surface area (Å²) in [5.41, 5.74) is 1.36. The second kappa shape index (κ2) is 15.7. The van der Waals surface area contributed by atoms with Crippen molar-refractivity contribution in [1.82, 2.24) is 0 Å². The lowest BCUT2D eigenvalue weighted by Gasteiger charge is -1.99. The van der Waals surface area contributed by atoms with Crippen LogP contribution in [-0.2, 0) is 28.6 Å². The Balaban J connectivity index is 0.000000428. The Bertz CT molecular complexity index is 717. The van der Waals surface area contributed by atoms with Crippen molar-refractivity contribution in [2.45, 2.75) is 20.0 Å². The van der Waals surface area contributed by atoms with Gasteiger partial charge in [0.2, 0.25) is 0 Å². The molecule has 0 spiro atoms. The fourth-order valence-corrected chi connectivity index (χ4v) is 1.50. The summed E-state index contributed by atoms with van der Waals surface area (Å²) in [6, 6.07) is 7.15. The highest BCUT2D eigenvalue weighted by Gasteiger charge is 2.23. The second-order valence-corrected chi connectivity index (χ2v) is 5.80. The number of aliphatic hydroxyl groups is 1. The van der Waals surface area contributed by atoms with Gasteiger partial charge in [0.05, 0.1) is 13.2 Å². The number of epoxide rings is 1. The lowest BCUT2D eigenvalue weighted by atomic mass is 10.2. The van der Waals surface area contributed by atoms with Gasteiger partial charge in [-0.15, -0.1) is 0 Å². The minimum atomic E-state index is -0.455. The molecule has 0 aromatic heterocycles. The third-order valence-electron chi connectivity index (χ3n) is 3.03. The normalized spacial score (nSPS) is 13.1. The van der Waals surface area contributed by atoms with E-state index >= 15 is 0 Å². The fraction of sp³-hybridized carbons (Fsp3) is 0.318. The number of carbonyl (C=O) groups excluding carboxylic acids is 3. The molecule has 1 fully saturated rings. The van der Waals surface area contributed by atoms with E-state index in [9.17, 15) is 14.4 Å². The third kappa shape index (κ3) is 14.8. The molecule has 1 aliphatic rings. The van der Waals surface area contributed by atoms with Crippen LogP contribution in [0.4, 0.5) is 0 Å². The van der Waals surface area contributed by atoms with E-state index in [4.69, 9.17) is 14.6 Å². The smallest absolute Gasteiger partial charge is 0.333 e. The Kier molecular flexibility index (Phi) is 14.0. The largest absolute Gasteiger partial charge is 0.460 e. The summed E-state index contributed by atoms with van der Waals surface area (Å²) >= 11 is 0. The molecule has 1 aromatic rings. The van der Waals surface area contributed by atoms with Gasteiger partial charge in [-0.1, -0.05) is 37.9 Å². The third-order valence-corrected chi connectivity index (χ3v) is 3.03. The highest BCUT2D eigenvalue weighted by molar-refractivity contribution is 5.86. The predicted molar refractivity (Wildman–Crippen MR) is 112 cm³/mol. The number of aliphatic hydroxyl groups excluding tert-OH is 1. The van der Waals surface area contributed by atoms with E-state index in [1.54, 1.807) is 25.1 Å². The van der Waals surface area contributed by atoms with E-state index in [0.29, 0.717) is 24.5 Å². The Morgan fingerprint density at radius 3 is 2.17 bits per heavy atom. The molecule has 1 saturated heterocycles. The standard InChI is InChI=1S/C10H10O2.C6H8O3.C6H10O3/c1-3-9-4-6-10(7-5-9)12-8(2)11;1-2-6(7)9-4-5-3-8-5;1-5(2)6(8)9-4-3-7/h3-7H,1H2,2H3;2,5H,1,3-4H2;7H,1,3-4H2,2H3. The topological polar surface area (TPSA) is 112 Å². The van der Waals surface area contributed by atoms with Gasteiger partial charge in [-0.25, -0.2) is 9.59 Å². The summed E-state index contributed by atoms with van der Waals surface area (Å²) in [5.74, 6) is -0.580. The SMILES string of the molecule is C=C(C)C(=O)OCCO.C=CC(=O)OCC1CO1.C=Cc1ccc(OC(C)=O)cc1. The Hall–Kier alpha value is -3.23. The molecule has 1 N–H and O–H groups in total. The maximum Gasteiger partial charge on any atom is 0.333 e. The van der Waals surface area contributed by atoms with E-state index < -0.39 is 5.97 Å². The summed E-state index contributed by atoms with van der Waals surface area (Å²) in [7, 11) is 0. The van der Waals surface area contributed by atoms with E-state index in [2.05, 4.69) is 29.2 Å². The summed E-state index contributed by atoms with van der Waals surface area (Å²) in [6.45, 7) is 14.1. The summed E-state index contributed by atoms with van der Waals surface area (Å²) in [6.07, 6.45) is 3.02. The molecule has 0 radical (unpaired) electrons. The molecule has 1 aliphatic heterocycles. The van der Waals surface area contributed by atoms with Crippen molar-refractivity contribution in [3.8, 4) is 5.75 Å². The minimum absolute atomic E-state index is 0.0473. The van der Waals surface area contributed by atoms with Crippen LogP contribution >= 0.6 is 0 Å². The van der Waals surface area contributed by atoms with E-state index in [1.807, 2.05) is 12.1 Å². The van der Waals surface area contributed by atoms with Crippen molar-refractivity contribution < 1.29 is 38.4 Å². The van der Waals surface area contributed by atoms with E-state index in [-0.39, 0.29) is 31.3 Å². The zero-order valence-corrected chi connectivity index (χ0v) is 17.3. The van der Waals surface area contributed by atoms with Gasteiger partial charge in [0.1, 0.15) is 25.1 Å². The molecular weight excluding hydrogens is 392 g/mol. The van der Waals surface area contributed by atoms with Gasteiger partial charge in [-0.05, 0) is 24.6 Å². The first kappa shape index (κ1) is 26.8. The van der Waals surface area contributed by atoms with Gasteiger partial charge in [0.15, 0.2) is 0 Å². The van der Waals surface area contributed by atoms with Gasteiger partial charge in [-0.2, -0.15) is 0 Å². The molecule has 0 aliphatic carbocycles. The van der Waals surface area contributed by atoms with Gasteiger partial charge >= 0.3 is 17.9 Å². The van der Waals surface area contributed by atoms with Crippen molar-refractivity contribution in [2.75, 3.05) is 26.4 Å². The molecule has 1 aromatic carbocycles. The lowest BCUT2D eigenvalue weighted by Crippen LogP contribution is -2.08. The van der Waals surface area contributed by atoms with E-state index in [1.165, 1.54) is 6.92 Å². The predicted octanol–water partition coefficient (Wildman–Crippen LogP) is 2.47. The highest BCUT2D eigenvalue weighted by atomic mass is 16.6. The van der Waals surface area contributed by atoms with Crippen molar-refractivity contribution in [3.63, 3.8) is 0 Å². The average Bonchev–Trinajstić information content (AvgIpc) is 3.55. The van der Waals surface area contributed by atoms with Crippen molar-refractivity contribution in [1.29, 1.82) is 0 Å². The monoisotopic (exact) mass is 420 g/mol. The van der Waals surface area contributed by atoms with Gasteiger partial charge in [-0.3, -0.25) is 4.79 Å². The van der Waals surface area contributed by atoms with Crippen LogP contribution in [0.25, 0.3) is 6.08 Å². The molecule has 2 rings (SSSR count). The summed E-state index contributed by atoms with van der Waals surface area (Å²) in [4.78, 5) is 31.3. The molecule has 8 heteroatoms. The zero-order chi connectivity index (χ0) is 22.9. The summed E-state index contributed by atoms with van der Waals surface area (Å²) < 4.78 is 18.7. The van der Waals surface area contributed by atoms with Gasteiger partial charge in [0, 0.05) is 18.6 Å². The Labute approximate surface area is 176 Å². The number of ether oxygens (including phenoxy) is 4. The van der Waals surface area contributed by atoms with Crippen LogP contribution in [0.5, 0.6) is 5.75 Å². The number of hydrogen-bond acceptors (Lipinski definition) is 8. The quantitative estimate of drug-likeness (QED) is 0.295. The summed E-state index contributed by atoms with van der Waals surface area (Å²) in [5, 5.41) is 8.19. The van der Waals surface area contributed by atoms with Crippen LogP contribution in [-0.4, -0.2) is 55.5 Å². The number of benzene rings is 1. The second-order valence-electron chi connectivity index (χ2n) is 5.80. The first-order chi connectivity index (χ1) is 14.2.